The van der Waals surface area contributed by atoms with E-state index in [4.69, 9.17) is 0 Å². The van der Waals surface area contributed by atoms with Gasteiger partial charge >= 0.3 is 0 Å². The fourth-order valence-corrected chi connectivity index (χ4v) is 2.21. The molecule has 24 heavy (non-hydrogen) atoms. The number of para-hydroxylation sites is 1. The predicted octanol–water partition coefficient (Wildman–Crippen LogP) is 4.62. The molecule has 3 rings (SSSR count). The van der Waals surface area contributed by atoms with E-state index < -0.39 is 0 Å². The van der Waals surface area contributed by atoms with Crippen LogP contribution >= 0.6 is 0 Å². The highest BCUT2D eigenvalue weighted by molar-refractivity contribution is 5.67. The lowest BCUT2D eigenvalue weighted by atomic mass is 10.1. The second kappa shape index (κ2) is 7.37. The van der Waals surface area contributed by atoms with Crippen molar-refractivity contribution in [1.29, 1.82) is 0 Å². The molecule has 0 aliphatic rings. The predicted molar refractivity (Wildman–Crippen MR) is 95.8 cm³/mol. The minimum atomic E-state index is -0.335. The Morgan fingerprint density at radius 3 is 2.50 bits per heavy atom. The van der Waals surface area contributed by atoms with Crippen LogP contribution in [0.25, 0.3) is 11.3 Å². The van der Waals surface area contributed by atoms with Crippen LogP contribution in [0.5, 0.6) is 0 Å². The molecule has 5 heteroatoms. The Morgan fingerprint density at radius 2 is 1.75 bits per heavy atom. The first-order valence-electron chi connectivity index (χ1n) is 7.57. The first-order valence-corrected chi connectivity index (χ1v) is 7.57. The van der Waals surface area contributed by atoms with Gasteiger partial charge in [-0.2, -0.15) is 4.98 Å². The van der Waals surface area contributed by atoms with E-state index in [2.05, 4.69) is 27.2 Å². The van der Waals surface area contributed by atoms with Gasteiger partial charge in [0.2, 0.25) is 5.95 Å². The molecule has 1 heterocycles. The number of nitrogens with one attached hydrogen (secondary N) is 2. The molecule has 0 amide bonds. The summed E-state index contributed by atoms with van der Waals surface area (Å²) in [7, 11) is 0. The van der Waals surface area contributed by atoms with Crippen LogP contribution in [0.4, 0.5) is 21.8 Å². The summed E-state index contributed by atoms with van der Waals surface area (Å²) in [5.74, 6) is 0.633. The lowest BCUT2D eigenvalue weighted by Gasteiger charge is -2.11. The first-order chi connectivity index (χ1) is 11.8. The van der Waals surface area contributed by atoms with Crippen LogP contribution in [0, 0.1) is 5.82 Å². The van der Waals surface area contributed by atoms with Crippen molar-refractivity contribution in [2.24, 2.45) is 0 Å². The van der Waals surface area contributed by atoms with Crippen molar-refractivity contribution in [2.75, 3.05) is 17.2 Å². The minimum absolute atomic E-state index is 0.335. The molecule has 1 aromatic heterocycles. The molecule has 0 aliphatic heterocycles. The molecule has 4 nitrogen and oxygen atoms in total. The average molecular weight is 320 g/mol. The van der Waals surface area contributed by atoms with Gasteiger partial charge in [0.15, 0.2) is 0 Å². The molecule has 0 saturated carbocycles. The normalized spacial score (nSPS) is 10.2. The van der Waals surface area contributed by atoms with E-state index in [1.807, 2.05) is 30.3 Å². The summed E-state index contributed by atoms with van der Waals surface area (Å²) in [6.07, 6.45) is 1.72. The van der Waals surface area contributed by atoms with Crippen LogP contribution in [0.2, 0.25) is 0 Å². The third-order valence-electron chi connectivity index (χ3n) is 3.34. The largest absolute Gasteiger partial charge is 0.351 e. The minimum Gasteiger partial charge on any atom is -0.351 e. The Bertz CT molecular complexity index is 834. The van der Waals surface area contributed by atoms with E-state index in [9.17, 15) is 4.39 Å². The summed E-state index contributed by atoms with van der Waals surface area (Å²) in [6.45, 7) is 4.21. The smallest absolute Gasteiger partial charge is 0.225 e. The van der Waals surface area contributed by atoms with E-state index in [1.54, 1.807) is 30.3 Å². The number of aromatic nitrogens is 2. The van der Waals surface area contributed by atoms with Gasteiger partial charge in [0.05, 0.1) is 11.4 Å². The van der Waals surface area contributed by atoms with E-state index in [0.29, 0.717) is 24.0 Å². The van der Waals surface area contributed by atoms with Crippen LogP contribution in [0.3, 0.4) is 0 Å². The molecule has 0 spiro atoms. The highest BCUT2D eigenvalue weighted by Crippen LogP contribution is 2.24. The van der Waals surface area contributed by atoms with Gasteiger partial charge in [-0.25, -0.2) is 9.37 Å². The Balaban J connectivity index is 1.98. The van der Waals surface area contributed by atoms with E-state index in [-0.39, 0.29) is 5.82 Å². The number of nitrogens with zero attached hydrogens (tertiary/aromatic N) is 2. The molecule has 2 aromatic carbocycles. The molecule has 0 bridgehead atoms. The number of halogens is 1. The molecular formula is C19H17FN4. The summed E-state index contributed by atoms with van der Waals surface area (Å²) >= 11 is 0. The highest BCUT2D eigenvalue weighted by atomic mass is 19.1. The average Bonchev–Trinajstić information content (AvgIpc) is 2.62. The van der Waals surface area contributed by atoms with Gasteiger partial charge < -0.3 is 10.6 Å². The summed E-state index contributed by atoms with van der Waals surface area (Å²) in [5.41, 5.74) is 2.07. The number of anilines is 3. The lowest BCUT2D eigenvalue weighted by molar-refractivity contribution is 0.632. The first kappa shape index (κ1) is 15.7. The van der Waals surface area contributed by atoms with Crippen molar-refractivity contribution in [3.63, 3.8) is 0 Å². The van der Waals surface area contributed by atoms with Crippen LogP contribution in [0.15, 0.2) is 73.3 Å². The molecule has 0 saturated heterocycles. The fourth-order valence-electron chi connectivity index (χ4n) is 2.21. The standard InChI is InChI=1S/C19H17FN4/c1-2-12-21-19-23-17(14-8-4-3-5-9-14)13-18(24-19)22-16-11-7-6-10-15(16)20/h2-11,13H,1,12H2,(H2,21,22,23,24). The van der Waals surface area contributed by atoms with Crippen molar-refractivity contribution in [3.05, 3.63) is 79.1 Å². The molecule has 2 N–H and O–H groups in total. The van der Waals surface area contributed by atoms with Gasteiger partial charge in [-0.15, -0.1) is 6.58 Å². The summed E-state index contributed by atoms with van der Waals surface area (Å²) in [5, 5.41) is 6.08. The van der Waals surface area contributed by atoms with Gasteiger partial charge in [0, 0.05) is 18.2 Å². The van der Waals surface area contributed by atoms with E-state index in [0.717, 1.165) is 11.3 Å². The highest BCUT2D eigenvalue weighted by Gasteiger charge is 2.08. The summed E-state index contributed by atoms with van der Waals surface area (Å²) in [4.78, 5) is 8.89. The molecule has 0 fully saturated rings. The van der Waals surface area contributed by atoms with Crippen molar-refractivity contribution >= 4 is 17.5 Å². The van der Waals surface area contributed by atoms with Crippen molar-refractivity contribution in [1.82, 2.24) is 9.97 Å². The van der Waals surface area contributed by atoms with Gasteiger partial charge in [-0.1, -0.05) is 48.5 Å². The molecule has 0 unspecified atom stereocenters. The monoisotopic (exact) mass is 320 g/mol. The maximum Gasteiger partial charge on any atom is 0.225 e. The van der Waals surface area contributed by atoms with Gasteiger partial charge in [0.1, 0.15) is 11.6 Å². The van der Waals surface area contributed by atoms with Gasteiger partial charge in [-0.3, -0.25) is 0 Å². The second-order valence-electron chi connectivity index (χ2n) is 5.10. The van der Waals surface area contributed by atoms with Crippen LogP contribution in [-0.4, -0.2) is 16.5 Å². The lowest BCUT2D eigenvalue weighted by Crippen LogP contribution is -2.06. The van der Waals surface area contributed by atoms with Crippen LogP contribution < -0.4 is 10.6 Å². The maximum absolute atomic E-state index is 13.9. The Labute approximate surface area is 140 Å². The number of hydrogen-bond donors (Lipinski definition) is 2. The summed E-state index contributed by atoms with van der Waals surface area (Å²) in [6, 6.07) is 18.0. The molecule has 0 atom stereocenters. The Morgan fingerprint density at radius 1 is 1.00 bits per heavy atom. The zero-order valence-electron chi connectivity index (χ0n) is 13.0. The maximum atomic E-state index is 13.9. The van der Waals surface area contributed by atoms with Gasteiger partial charge in [0.25, 0.3) is 0 Å². The Kier molecular flexibility index (Phi) is 4.81. The van der Waals surface area contributed by atoms with Crippen LogP contribution in [0.1, 0.15) is 0 Å². The zero-order valence-corrected chi connectivity index (χ0v) is 13.0. The second-order valence-corrected chi connectivity index (χ2v) is 5.10. The SMILES string of the molecule is C=CCNc1nc(Nc2ccccc2F)cc(-c2ccccc2)n1. The quantitative estimate of drug-likeness (QED) is 0.650. The van der Waals surface area contributed by atoms with Crippen molar-refractivity contribution in [3.8, 4) is 11.3 Å². The third-order valence-corrected chi connectivity index (χ3v) is 3.34. The zero-order chi connectivity index (χ0) is 16.8. The summed E-state index contributed by atoms with van der Waals surface area (Å²) < 4.78 is 13.9. The number of rotatable bonds is 6. The van der Waals surface area contributed by atoms with Crippen LogP contribution in [-0.2, 0) is 0 Å². The van der Waals surface area contributed by atoms with Gasteiger partial charge in [-0.05, 0) is 12.1 Å². The Hall–Kier alpha value is -3.21. The number of hydrogen-bond acceptors (Lipinski definition) is 4. The molecule has 0 radical (unpaired) electrons. The number of benzene rings is 2. The van der Waals surface area contributed by atoms with Crippen molar-refractivity contribution in [2.45, 2.75) is 0 Å². The van der Waals surface area contributed by atoms with Crippen molar-refractivity contribution < 1.29 is 4.39 Å². The molecule has 120 valence electrons. The fraction of sp³-hybridized carbons (Fsp3) is 0.0526. The van der Waals surface area contributed by atoms with E-state index >= 15 is 0 Å². The van der Waals surface area contributed by atoms with E-state index in [1.165, 1.54) is 6.07 Å². The molecule has 3 aromatic rings. The topological polar surface area (TPSA) is 49.8 Å². The third kappa shape index (κ3) is 3.76. The molecular weight excluding hydrogens is 303 g/mol. The molecule has 0 aliphatic carbocycles.